The summed E-state index contributed by atoms with van der Waals surface area (Å²) >= 11 is 0. The first-order chi connectivity index (χ1) is 8.20. The van der Waals surface area contributed by atoms with Gasteiger partial charge in [0, 0.05) is 18.6 Å². The Hall–Kier alpha value is -0.0800. The Morgan fingerprint density at radius 3 is 2.71 bits per heavy atom. The Morgan fingerprint density at radius 1 is 1.29 bits per heavy atom. The third-order valence-corrected chi connectivity index (χ3v) is 4.79. The van der Waals surface area contributed by atoms with E-state index in [4.69, 9.17) is 0 Å². The molecule has 2 heteroatoms. The molecule has 0 aromatic rings. The molecule has 17 heavy (non-hydrogen) atoms. The molecular formula is C15H30N2. The van der Waals surface area contributed by atoms with E-state index in [1.165, 1.54) is 51.7 Å². The lowest BCUT2D eigenvalue weighted by molar-refractivity contribution is 0.175. The molecular weight excluding hydrogens is 208 g/mol. The van der Waals surface area contributed by atoms with Crippen LogP contribution in [0.4, 0.5) is 0 Å². The molecule has 2 nitrogen and oxygen atoms in total. The lowest BCUT2D eigenvalue weighted by Crippen LogP contribution is -2.44. The lowest BCUT2D eigenvalue weighted by Gasteiger charge is -2.32. The zero-order chi connectivity index (χ0) is 12.3. The van der Waals surface area contributed by atoms with Gasteiger partial charge in [0.25, 0.3) is 0 Å². The maximum atomic E-state index is 3.74. The van der Waals surface area contributed by atoms with E-state index < -0.39 is 0 Å². The minimum atomic E-state index is 0.712. The number of hydrogen-bond donors (Lipinski definition) is 1. The summed E-state index contributed by atoms with van der Waals surface area (Å²) in [7, 11) is 0. The molecule has 1 aliphatic heterocycles. The van der Waals surface area contributed by atoms with Crippen molar-refractivity contribution in [2.75, 3.05) is 19.6 Å². The first-order valence-corrected chi connectivity index (χ1v) is 7.68. The van der Waals surface area contributed by atoms with Gasteiger partial charge in [-0.15, -0.1) is 0 Å². The van der Waals surface area contributed by atoms with Gasteiger partial charge in [-0.2, -0.15) is 0 Å². The SMILES string of the molecule is CCC(C)C1CN(C(C)CC2CC2)CCCN1. The molecule has 2 fully saturated rings. The van der Waals surface area contributed by atoms with Crippen molar-refractivity contribution < 1.29 is 0 Å². The largest absolute Gasteiger partial charge is 0.312 e. The lowest BCUT2D eigenvalue weighted by atomic mass is 9.98. The monoisotopic (exact) mass is 238 g/mol. The summed E-state index contributed by atoms with van der Waals surface area (Å²) in [6, 6.07) is 1.51. The Labute approximate surface area is 107 Å². The van der Waals surface area contributed by atoms with E-state index in [-0.39, 0.29) is 0 Å². The molecule has 2 aliphatic rings. The minimum Gasteiger partial charge on any atom is -0.312 e. The molecule has 1 N–H and O–H groups in total. The highest BCUT2D eigenvalue weighted by molar-refractivity contribution is 4.85. The fourth-order valence-electron chi connectivity index (χ4n) is 3.03. The zero-order valence-corrected chi connectivity index (χ0v) is 11.9. The van der Waals surface area contributed by atoms with Crippen LogP contribution < -0.4 is 5.32 Å². The van der Waals surface area contributed by atoms with E-state index in [2.05, 4.69) is 31.0 Å². The fourth-order valence-corrected chi connectivity index (χ4v) is 3.03. The van der Waals surface area contributed by atoms with Crippen LogP contribution in [0.15, 0.2) is 0 Å². The zero-order valence-electron chi connectivity index (χ0n) is 11.9. The second kappa shape index (κ2) is 6.19. The van der Waals surface area contributed by atoms with Crippen molar-refractivity contribution in [2.45, 2.75) is 65.0 Å². The molecule has 0 radical (unpaired) electrons. The summed E-state index contributed by atoms with van der Waals surface area (Å²) < 4.78 is 0. The van der Waals surface area contributed by atoms with Gasteiger partial charge in [-0.05, 0) is 44.7 Å². The predicted molar refractivity (Wildman–Crippen MR) is 74.2 cm³/mol. The Bertz CT molecular complexity index is 225. The highest BCUT2D eigenvalue weighted by atomic mass is 15.2. The molecule has 3 atom stereocenters. The maximum Gasteiger partial charge on any atom is 0.0220 e. The van der Waals surface area contributed by atoms with E-state index in [9.17, 15) is 0 Å². The number of hydrogen-bond acceptors (Lipinski definition) is 2. The van der Waals surface area contributed by atoms with Crippen molar-refractivity contribution in [3.8, 4) is 0 Å². The Morgan fingerprint density at radius 2 is 2.06 bits per heavy atom. The van der Waals surface area contributed by atoms with Crippen molar-refractivity contribution in [2.24, 2.45) is 11.8 Å². The fraction of sp³-hybridized carbons (Fsp3) is 1.00. The third-order valence-electron chi connectivity index (χ3n) is 4.79. The normalized spacial score (nSPS) is 30.9. The summed E-state index contributed by atoms with van der Waals surface area (Å²) in [5, 5.41) is 3.74. The van der Waals surface area contributed by atoms with Crippen LogP contribution in [0.1, 0.15) is 52.9 Å². The van der Waals surface area contributed by atoms with Crippen LogP contribution in [-0.2, 0) is 0 Å². The Balaban J connectivity index is 1.86. The summed E-state index contributed by atoms with van der Waals surface area (Å²) in [6.45, 7) is 10.9. The van der Waals surface area contributed by atoms with E-state index in [0.717, 1.165) is 17.9 Å². The molecule has 1 heterocycles. The van der Waals surface area contributed by atoms with Crippen molar-refractivity contribution in [3.05, 3.63) is 0 Å². The standard InChI is InChI=1S/C15H30N2/c1-4-12(2)15-11-17(9-5-8-16-15)13(3)10-14-6-7-14/h12-16H,4-11H2,1-3H3. The van der Waals surface area contributed by atoms with Crippen LogP contribution in [0.5, 0.6) is 0 Å². The highest BCUT2D eigenvalue weighted by Crippen LogP contribution is 2.34. The van der Waals surface area contributed by atoms with Gasteiger partial charge in [-0.25, -0.2) is 0 Å². The first kappa shape index (κ1) is 13.4. The molecule has 1 saturated heterocycles. The summed E-state index contributed by atoms with van der Waals surface area (Å²) in [6.07, 6.45) is 7.04. The van der Waals surface area contributed by atoms with Gasteiger partial charge in [-0.1, -0.05) is 33.1 Å². The Kier molecular flexibility index (Phi) is 4.87. The minimum absolute atomic E-state index is 0.712. The van der Waals surface area contributed by atoms with Gasteiger partial charge in [0.1, 0.15) is 0 Å². The van der Waals surface area contributed by atoms with Crippen LogP contribution in [0.3, 0.4) is 0 Å². The van der Waals surface area contributed by atoms with Gasteiger partial charge in [0.05, 0.1) is 0 Å². The molecule has 2 rings (SSSR count). The second-order valence-electron chi connectivity index (χ2n) is 6.32. The van der Waals surface area contributed by atoms with E-state index in [1.54, 1.807) is 0 Å². The van der Waals surface area contributed by atoms with E-state index in [1.807, 2.05) is 0 Å². The topological polar surface area (TPSA) is 15.3 Å². The van der Waals surface area contributed by atoms with Crippen LogP contribution in [0.25, 0.3) is 0 Å². The van der Waals surface area contributed by atoms with Crippen LogP contribution in [-0.4, -0.2) is 36.6 Å². The van der Waals surface area contributed by atoms with E-state index in [0.29, 0.717) is 6.04 Å². The number of nitrogens with one attached hydrogen (secondary N) is 1. The van der Waals surface area contributed by atoms with Crippen molar-refractivity contribution in [3.63, 3.8) is 0 Å². The second-order valence-corrected chi connectivity index (χ2v) is 6.32. The number of nitrogens with zero attached hydrogens (tertiary/aromatic N) is 1. The van der Waals surface area contributed by atoms with E-state index >= 15 is 0 Å². The summed E-state index contributed by atoms with van der Waals surface area (Å²) in [4.78, 5) is 2.75. The van der Waals surface area contributed by atoms with Gasteiger partial charge in [0.15, 0.2) is 0 Å². The van der Waals surface area contributed by atoms with Crippen LogP contribution >= 0.6 is 0 Å². The van der Waals surface area contributed by atoms with Gasteiger partial charge in [-0.3, -0.25) is 4.90 Å². The molecule has 0 spiro atoms. The van der Waals surface area contributed by atoms with Gasteiger partial charge >= 0.3 is 0 Å². The summed E-state index contributed by atoms with van der Waals surface area (Å²) in [5.41, 5.74) is 0. The smallest absolute Gasteiger partial charge is 0.0220 e. The molecule has 0 aromatic carbocycles. The number of rotatable bonds is 5. The average molecular weight is 238 g/mol. The quantitative estimate of drug-likeness (QED) is 0.792. The van der Waals surface area contributed by atoms with Gasteiger partial charge in [0.2, 0.25) is 0 Å². The summed E-state index contributed by atoms with van der Waals surface area (Å²) in [5.74, 6) is 1.87. The predicted octanol–water partition coefficient (Wildman–Crippen LogP) is 2.89. The maximum absolute atomic E-state index is 3.74. The highest BCUT2D eigenvalue weighted by Gasteiger charge is 2.29. The molecule has 0 aromatic heterocycles. The van der Waals surface area contributed by atoms with Gasteiger partial charge < -0.3 is 5.32 Å². The molecule has 1 aliphatic carbocycles. The molecule has 1 saturated carbocycles. The van der Waals surface area contributed by atoms with Crippen molar-refractivity contribution >= 4 is 0 Å². The van der Waals surface area contributed by atoms with Crippen LogP contribution in [0, 0.1) is 11.8 Å². The first-order valence-electron chi connectivity index (χ1n) is 7.68. The molecule has 100 valence electrons. The average Bonchev–Trinajstić information content (AvgIpc) is 3.13. The van der Waals surface area contributed by atoms with Crippen LogP contribution in [0.2, 0.25) is 0 Å². The molecule has 0 amide bonds. The third kappa shape index (κ3) is 3.96. The molecule has 0 bridgehead atoms. The van der Waals surface area contributed by atoms with Crippen molar-refractivity contribution in [1.82, 2.24) is 10.2 Å². The van der Waals surface area contributed by atoms with Crippen molar-refractivity contribution in [1.29, 1.82) is 0 Å². The molecule has 3 unspecified atom stereocenters.